The number of nitrogens with zero attached hydrogens (tertiary/aromatic N) is 3. The quantitative estimate of drug-likeness (QED) is 0.252. The first-order chi connectivity index (χ1) is 21.2. The van der Waals surface area contributed by atoms with Crippen LogP contribution in [0.25, 0.3) is 11.8 Å². The minimum absolute atomic E-state index is 0.195. The molecule has 1 aliphatic rings. The molecule has 0 radical (unpaired) electrons. The van der Waals surface area contributed by atoms with Gasteiger partial charge in [0.1, 0.15) is 11.8 Å². The molecule has 0 unspecified atom stereocenters. The van der Waals surface area contributed by atoms with E-state index in [9.17, 15) is 14.4 Å². The van der Waals surface area contributed by atoms with Crippen molar-refractivity contribution in [3.63, 3.8) is 0 Å². The molecular weight excluding hydrogens is 578 g/mol. The van der Waals surface area contributed by atoms with Gasteiger partial charge in [0.15, 0.2) is 4.80 Å². The Morgan fingerprint density at radius 3 is 2.30 bits per heavy atom. The molecule has 9 nitrogen and oxygen atoms in total. The van der Waals surface area contributed by atoms with Crippen LogP contribution in [0.2, 0.25) is 0 Å². The van der Waals surface area contributed by atoms with Crippen LogP contribution >= 0.6 is 11.3 Å². The van der Waals surface area contributed by atoms with Crippen molar-refractivity contribution < 1.29 is 23.8 Å². The summed E-state index contributed by atoms with van der Waals surface area (Å²) in [5.41, 5.74) is 5.36. The molecule has 0 fully saturated rings. The molecule has 10 heteroatoms. The number of ether oxygens (including phenoxy) is 3. The van der Waals surface area contributed by atoms with Crippen molar-refractivity contribution in [3.8, 4) is 11.4 Å². The Morgan fingerprint density at radius 1 is 0.932 bits per heavy atom. The van der Waals surface area contributed by atoms with Crippen LogP contribution in [0.4, 0.5) is 0 Å². The SMILES string of the molecule is CCOC(=O)C1=C(C)N=c2sc(=Cc3cc(C)n(-c4ccc(C(=O)OCC)cc4)c3C)c(=O)n2[C@@H]1c1ccccc1OCC. The van der Waals surface area contributed by atoms with Gasteiger partial charge in [-0.2, -0.15) is 0 Å². The van der Waals surface area contributed by atoms with Crippen LogP contribution in [0.1, 0.15) is 66.6 Å². The van der Waals surface area contributed by atoms with Gasteiger partial charge in [0.2, 0.25) is 0 Å². The van der Waals surface area contributed by atoms with E-state index in [0.717, 1.165) is 22.6 Å². The van der Waals surface area contributed by atoms with Gasteiger partial charge in [0.05, 0.1) is 41.2 Å². The number of aryl methyl sites for hydroxylation is 1. The fourth-order valence-corrected chi connectivity index (χ4v) is 6.55. The van der Waals surface area contributed by atoms with Crippen molar-refractivity contribution in [1.29, 1.82) is 0 Å². The van der Waals surface area contributed by atoms with Gasteiger partial charge in [-0.15, -0.1) is 0 Å². The number of aromatic nitrogens is 2. The summed E-state index contributed by atoms with van der Waals surface area (Å²) in [6.07, 6.45) is 1.87. The van der Waals surface area contributed by atoms with Crippen molar-refractivity contribution >= 4 is 29.4 Å². The Morgan fingerprint density at radius 2 is 1.61 bits per heavy atom. The molecule has 0 spiro atoms. The van der Waals surface area contributed by atoms with Crippen molar-refractivity contribution in [1.82, 2.24) is 9.13 Å². The van der Waals surface area contributed by atoms with E-state index in [0.29, 0.717) is 50.7 Å². The van der Waals surface area contributed by atoms with E-state index in [2.05, 4.69) is 9.56 Å². The summed E-state index contributed by atoms with van der Waals surface area (Å²) in [6, 6.07) is 15.9. The molecule has 1 atom stereocenters. The third-order valence-electron chi connectivity index (χ3n) is 7.42. The number of esters is 2. The van der Waals surface area contributed by atoms with Gasteiger partial charge in [0.25, 0.3) is 5.56 Å². The van der Waals surface area contributed by atoms with E-state index >= 15 is 0 Å². The lowest BCUT2D eigenvalue weighted by Gasteiger charge is -2.26. The fraction of sp³-hybridized carbons (Fsp3) is 0.294. The summed E-state index contributed by atoms with van der Waals surface area (Å²) in [4.78, 5) is 44.7. The van der Waals surface area contributed by atoms with Gasteiger partial charge in [-0.25, -0.2) is 14.6 Å². The van der Waals surface area contributed by atoms with E-state index < -0.39 is 12.0 Å². The summed E-state index contributed by atoms with van der Waals surface area (Å²) in [7, 11) is 0. The zero-order valence-electron chi connectivity index (χ0n) is 25.7. The molecule has 0 N–H and O–H groups in total. The highest BCUT2D eigenvalue weighted by Crippen LogP contribution is 2.36. The zero-order valence-corrected chi connectivity index (χ0v) is 26.5. The minimum atomic E-state index is -0.763. The molecule has 5 rings (SSSR count). The number of thiazole rings is 1. The number of fused-ring (bicyclic) bond motifs is 1. The summed E-state index contributed by atoms with van der Waals surface area (Å²) in [5.74, 6) is -0.292. The smallest absolute Gasteiger partial charge is 0.338 e. The van der Waals surface area contributed by atoms with Crippen molar-refractivity contribution in [2.24, 2.45) is 4.99 Å². The number of rotatable bonds is 9. The minimum Gasteiger partial charge on any atom is -0.494 e. The highest BCUT2D eigenvalue weighted by Gasteiger charge is 2.35. The molecule has 2 aromatic carbocycles. The summed E-state index contributed by atoms with van der Waals surface area (Å²) in [6.45, 7) is 12.1. The molecular formula is C34H35N3O6S. The topological polar surface area (TPSA) is 101 Å². The fourth-order valence-electron chi connectivity index (χ4n) is 5.51. The van der Waals surface area contributed by atoms with Crippen LogP contribution in [-0.2, 0) is 14.3 Å². The third-order valence-corrected chi connectivity index (χ3v) is 8.41. The molecule has 0 saturated heterocycles. The van der Waals surface area contributed by atoms with E-state index in [1.165, 1.54) is 11.3 Å². The average molecular weight is 614 g/mol. The van der Waals surface area contributed by atoms with Gasteiger partial charge < -0.3 is 18.8 Å². The van der Waals surface area contributed by atoms with Crippen LogP contribution in [0.5, 0.6) is 5.75 Å². The lowest BCUT2D eigenvalue weighted by molar-refractivity contribution is -0.139. The highest BCUT2D eigenvalue weighted by molar-refractivity contribution is 7.07. The first-order valence-electron chi connectivity index (χ1n) is 14.6. The van der Waals surface area contributed by atoms with E-state index in [4.69, 9.17) is 14.2 Å². The maximum Gasteiger partial charge on any atom is 0.338 e. The molecule has 3 heterocycles. The van der Waals surface area contributed by atoms with E-state index in [-0.39, 0.29) is 18.1 Å². The third kappa shape index (κ3) is 5.65. The number of allylic oxidation sites excluding steroid dienone is 1. The van der Waals surface area contributed by atoms with E-state index in [1.807, 2.05) is 69.3 Å². The first kappa shape index (κ1) is 30.7. The second-order valence-corrected chi connectivity index (χ2v) is 11.2. The van der Waals surface area contributed by atoms with Crippen LogP contribution in [0, 0.1) is 13.8 Å². The Labute approximate surface area is 259 Å². The maximum atomic E-state index is 14.1. The van der Waals surface area contributed by atoms with Crippen LogP contribution in [0.3, 0.4) is 0 Å². The van der Waals surface area contributed by atoms with Gasteiger partial charge >= 0.3 is 11.9 Å². The van der Waals surface area contributed by atoms with Gasteiger partial charge in [0, 0.05) is 22.6 Å². The van der Waals surface area contributed by atoms with Gasteiger partial charge in [-0.05, 0) is 89.6 Å². The Balaban J connectivity index is 1.64. The lowest BCUT2D eigenvalue weighted by Crippen LogP contribution is -2.40. The van der Waals surface area contributed by atoms with Crippen LogP contribution < -0.4 is 19.6 Å². The second kappa shape index (κ2) is 12.9. The lowest BCUT2D eigenvalue weighted by atomic mass is 9.95. The highest BCUT2D eigenvalue weighted by atomic mass is 32.1. The molecule has 4 aromatic rings. The number of carbonyl (C=O) groups excluding carboxylic acids is 2. The monoisotopic (exact) mass is 613 g/mol. The molecule has 0 bridgehead atoms. The second-order valence-electron chi connectivity index (χ2n) is 10.2. The first-order valence-corrected chi connectivity index (χ1v) is 15.4. The van der Waals surface area contributed by atoms with E-state index in [1.54, 1.807) is 37.5 Å². The molecule has 1 aliphatic heterocycles. The Kier molecular flexibility index (Phi) is 9.01. The van der Waals surface area contributed by atoms with Gasteiger partial charge in [-0.1, -0.05) is 29.5 Å². The molecule has 44 heavy (non-hydrogen) atoms. The summed E-state index contributed by atoms with van der Waals surface area (Å²) < 4.78 is 20.6. The number of benzene rings is 2. The van der Waals surface area contributed by atoms with Crippen molar-refractivity contribution in [3.05, 3.63) is 114 Å². The number of hydrogen-bond acceptors (Lipinski definition) is 8. The van der Waals surface area contributed by atoms with Crippen molar-refractivity contribution in [2.45, 2.75) is 47.6 Å². The molecule has 0 saturated carbocycles. The molecule has 0 aliphatic carbocycles. The summed E-state index contributed by atoms with van der Waals surface area (Å²) in [5, 5.41) is 0. The molecule has 228 valence electrons. The normalized spacial score (nSPS) is 14.7. The molecule has 0 amide bonds. The van der Waals surface area contributed by atoms with Crippen LogP contribution in [0.15, 0.2) is 75.7 Å². The largest absolute Gasteiger partial charge is 0.494 e. The zero-order chi connectivity index (χ0) is 31.5. The predicted molar refractivity (Wildman–Crippen MR) is 169 cm³/mol. The number of para-hydroxylation sites is 1. The summed E-state index contributed by atoms with van der Waals surface area (Å²) >= 11 is 1.28. The predicted octanol–water partition coefficient (Wildman–Crippen LogP) is 4.78. The Hall–Kier alpha value is -4.70. The number of hydrogen-bond donors (Lipinski definition) is 0. The Bertz CT molecular complexity index is 1950. The standard InChI is InChI=1S/C34H35N3O6S/c1-7-41-27-13-11-10-12-26(27)30-29(33(40)43-9-3)21(5)35-34-37(30)31(38)28(44-34)19-24-18-20(4)36(22(24)6)25-16-14-23(15-17-25)32(39)42-8-2/h10-19,30H,7-9H2,1-6H3/t30-/m1/s1. The maximum absolute atomic E-state index is 14.1. The average Bonchev–Trinajstić information content (AvgIpc) is 3.46. The number of carbonyl (C=O) groups is 2. The van der Waals surface area contributed by atoms with Crippen LogP contribution in [-0.4, -0.2) is 40.9 Å². The van der Waals surface area contributed by atoms with Gasteiger partial charge in [-0.3, -0.25) is 9.36 Å². The molecule has 2 aromatic heterocycles. The van der Waals surface area contributed by atoms with Crippen molar-refractivity contribution in [2.75, 3.05) is 19.8 Å².